The lowest BCUT2D eigenvalue weighted by molar-refractivity contribution is 1.19. The van der Waals surface area contributed by atoms with Crippen LogP contribution in [0.25, 0.3) is 6.08 Å². The van der Waals surface area contributed by atoms with Crippen LogP contribution in [0.15, 0.2) is 23.8 Å². The van der Waals surface area contributed by atoms with Crippen molar-refractivity contribution in [2.45, 2.75) is 6.92 Å². The van der Waals surface area contributed by atoms with E-state index in [0.717, 1.165) is 17.3 Å². The number of rotatable bonds is 0. The predicted octanol–water partition coefficient (Wildman–Crippen LogP) is 3.17. The molecule has 1 aromatic carbocycles. The Morgan fingerprint density at radius 1 is 1.42 bits per heavy atom. The maximum absolute atomic E-state index is 5.85. The molecule has 1 N–H and O–H groups in total. The summed E-state index contributed by atoms with van der Waals surface area (Å²) in [6.45, 7) is 3.04. The Morgan fingerprint density at radius 3 is 3.08 bits per heavy atom. The second-order valence-electron chi connectivity index (χ2n) is 3.08. The molecular weight excluding hydrogens is 170 g/mol. The summed E-state index contributed by atoms with van der Waals surface area (Å²) in [6.07, 6.45) is 2.18. The molecule has 0 bridgehead atoms. The number of benzene rings is 1. The number of hydrogen-bond acceptors (Lipinski definition) is 1. The van der Waals surface area contributed by atoms with Gasteiger partial charge in [-0.05, 0) is 24.6 Å². The highest BCUT2D eigenvalue weighted by molar-refractivity contribution is 6.31. The summed E-state index contributed by atoms with van der Waals surface area (Å²) in [5, 5.41) is 4.09. The monoisotopic (exact) mass is 179 g/mol. The van der Waals surface area contributed by atoms with Crippen LogP contribution in [0.2, 0.25) is 5.02 Å². The highest BCUT2D eigenvalue weighted by Crippen LogP contribution is 2.26. The molecule has 62 valence electrons. The minimum atomic E-state index is 0.786. The number of anilines is 1. The van der Waals surface area contributed by atoms with E-state index >= 15 is 0 Å². The van der Waals surface area contributed by atoms with Gasteiger partial charge in [0, 0.05) is 17.3 Å². The average Bonchev–Trinajstić information content (AvgIpc) is 2.05. The van der Waals surface area contributed by atoms with Gasteiger partial charge in [-0.2, -0.15) is 0 Å². The van der Waals surface area contributed by atoms with Crippen molar-refractivity contribution in [2.24, 2.45) is 0 Å². The van der Waals surface area contributed by atoms with Gasteiger partial charge in [-0.1, -0.05) is 29.3 Å². The van der Waals surface area contributed by atoms with Crippen molar-refractivity contribution < 1.29 is 0 Å². The third-order valence-electron chi connectivity index (χ3n) is 1.97. The first-order valence-electron chi connectivity index (χ1n) is 3.96. The minimum absolute atomic E-state index is 0.786. The molecule has 1 nitrogen and oxygen atoms in total. The fourth-order valence-electron chi connectivity index (χ4n) is 1.36. The van der Waals surface area contributed by atoms with E-state index in [9.17, 15) is 0 Å². The van der Waals surface area contributed by atoms with E-state index < -0.39 is 0 Å². The molecule has 1 aliphatic rings. The van der Waals surface area contributed by atoms with Gasteiger partial charge < -0.3 is 5.32 Å². The van der Waals surface area contributed by atoms with Crippen LogP contribution in [0.5, 0.6) is 0 Å². The number of nitrogens with one attached hydrogen (secondary N) is 1. The van der Waals surface area contributed by atoms with Gasteiger partial charge in [-0.25, -0.2) is 0 Å². The Morgan fingerprint density at radius 2 is 2.25 bits per heavy atom. The summed E-state index contributed by atoms with van der Waals surface area (Å²) in [5.74, 6) is 0. The molecule has 0 aliphatic carbocycles. The molecular formula is C10H10ClN. The number of halogens is 1. The third kappa shape index (κ3) is 1.32. The predicted molar refractivity (Wildman–Crippen MR) is 53.6 cm³/mol. The Hall–Kier alpha value is -0.950. The molecule has 0 amide bonds. The second kappa shape index (κ2) is 2.83. The Labute approximate surface area is 77.0 Å². The van der Waals surface area contributed by atoms with Gasteiger partial charge in [0.1, 0.15) is 0 Å². The zero-order valence-corrected chi connectivity index (χ0v) is 7.65. The molecule has 0 atom stereocenters. The van der Waals surface area contributed by atoms with Crippen molar-refractivity contribution >= 4 is 23.4 Å². The topological polar surface area (TPSA) is 12.0 Å². The first-order chi connectivity index (χ1) is 5.75. The summed E-state index contributed by atoms with van der Waals surface area (Å²) in [6, 6.07) is 5.91. The van der Waals surface area contributed by atoms with Crippen LogP contribution in [0.4, 0.5) is 5.69 Å². The fraction of sp³-hybridized carbons (Fsp3) is 0.200. The molecule has 1 heterocycles. The van der Waals surface area contributed by atoms with Gasteiger partial charge in [0.15, 0.2) is 0 Å². The second-order valence-corrected chi connectivity index (χ2v) is 3.51. The normalized spacial score (nSPS) is 14.7. The number of hydrogen-bond donors (Lipinski definition) is 1. The van der Waals surface area contributed by atoms with E-state index in [-0.39, 0.29) is 0 Å². The molecule has 0 unspecified atom stereocenters. The highest BCUT2D eigenvalue weighted by Gasteiger charge is 2.05. The van der Waals surface area contributed by atoms with E-state index in [2.05, 4.69) is 18.3 Å². The summed E-state index contributed by atoms with van der Waals surface area (Å²) < 4.78 is 0. The SMILES string of the molecule is CC1=Cc2ccc(Cl)cc2NC1. The van der Waals surface area contributed by atoms with Gasteiger partial charge in [-0.3, -0.25) is 0 Å². The van der Waals surface area contributed by atoms with Crippen LogP contribution in [0.3, 0.4) is 0 Å². The zero-order chi connectivity index (χ0) is 8.55. The molecule has 1 aromatic rings. The lowest BCUT2D eigenvalue weighted by Gasteiger charge is -2.16. The molecule has 12 heavy (non-hydrogen) atoms. The average molecular weight is 180 g/mol. The van der Waals surface area contributed by atoms with Crippen LogP contribution in [-0.4, -0.2) is 6.54 Å². The minimum Gasteiger partial charge on any atom is -0.381 e. The molecule has 0 radical (unpaired) electrons. The summed E-state index contributed by atoms with van der Waals surface area (Å²) >= 11 is 5.85. The summed E-state index contributed by atoms with van der Waals surface area (Å²) in [7, 11) is 0. The molecule has 2 heteroatoms. The van der Waals surface area contributed by atoms with Crippen molar-refractivity contribution in [2.75, 3.05) is 11.9 Å². The Kier molecular flexibility index (Phi) is 1.81. The molecule has 0 saturated carbocycles. The lowest BCUT2D eigenvalue weighted by atomic mass is 10.1. The molecule has 2 rings (SSSR count). The van der Waals surface area contributed by atoms with E-state index in [0.29, 0.717) is 0 Å². The molecule has 0 fully saturated rings. The molecule has 0 spiro atoms. The largest absolute Gasteiger partial charge is 0.381 e. The standard InChI is InChI=1S/C10H10ClN/c1-7-4-8-2-3-9(11)5-10(8)12-6-7/h2-5,12H,6H2,1H3. The first-order valence-corrected chi connectivity index (χ1v) is 4.34. The van der Waals surface area contributed by atoms with Gasteiger partial charge >= 0.3 is 0 Å². The zero-order valence-electron chi connectivity index (χ0n) is 6.89. The van der Waals surface area contributed by atoms with Crippen LogP contribution in [-0.2, 0) is 0 Å². The first kappa shape index (κ1) is 7.69. The van der Waals surface area contributed by atoms with Crippen molar-refractivity contribution in [3.05, 3.63) is 34.4 Å². The van der Waals surface area contributed by atoms with Gasteiger partial charge in [0.05, 0.1) is 0 Å². The van der Waals surface area contributed by atoms with E-state index in [4.69, 9.17) is 11.6 Å². The van der Waals surface area contributed by atoms with Crippen molar-refractivity contribution in [3.63, 3.8) is 0 Å². The van der Waals surface area contributed by atoms with Crippen LogP contribution >= 0.6 is 11.6 Å². The molecule has 1 aliphatic heterocycles. The van der Waals surface area contributed by atoms with Crippen molar-refractivity contribution in [3.8, 4) is 0 Å². The fourth-order valence-corrected chi connectivity index (χ4v) is 1.53. The number of fused-ring (bicyclic) bond motifs is 1. The summed E-state index contributed by atoms with van der Waals surface area (Å²) in [4.78, 5) is 0. The van der Waals surface area contributed by atoms with Crippen molar-refractivity contribution in [1.29, 1.82) is 0 Å². The van der Waals surface area contributed by atoms with E-state index in [1.54, 1.807) is 0 Å². The quantitative estimate of drug-likeness (QED) is 0.645. The maximum Gasteiger partial charge on any atom is 0.0431 e. The smallest absolute Gasteiger partial charge is 0.0431 e. The molecule has 0 saturated heterocycles. The van der Waals surface area contributed by atoms with E-state index in [1.165, 1.54) is 11.1 Å². The van der Waals surface area contributed by atoms with Gasteiger partial charge in [0.25, 0.3) is 0 Å². The van der Waals surface area contributed by atoms with Crippen LogP contribution in [0, 0.1) is 0 Å². The lowest BCUT2D eigenvalue weighted by Crippen LogP contribution is -2.08. The van der Waals surface area contributed by atoms with Crippen LogP contribution < -0.4 is 5.32 Å². The van der Waals surface area contributed by atoms with Crippen LogP contribution in [0.1, 0.15) is 12.5 Å². The van der Waals surface area contributed by atoms with Crippen molar-refractivity contribution in [1.82, 2.24) is 0 Å². The maximum atomic E-state index is 5.85. The van der Waals surface area contributed by atoms with Gasteiger partial charge in [-0.15, -0.1) is 0 Å². The Balaban J connectivity index is 2.51. The highest BCUT2D eigenvalue weighted by atomic mass is 35.5. The summed E-state index contributed by atoms with van der Waals surface area (Å²) in [5.41, 5.74) is 3.71. The Bertz CT molecular complexity index is 342. The molecule has 0 aromatic heterocycles. The third-order valence-corrected chi connectivity index (χ3v) is 2.21. The van der Waals surface area contributed by atoms with E-state index in [1.807, 2.05) is 18.2 Å². The van der Waals surface area contributed by atoms with Gasteiger partial charge in [0.2, 0.25) is 0 Å².